The second-order valence-corrected chi connectivity index (χ2v) is 3.78. The lowest BCUT2D eigenvalue weighted by molar-refractivity contribution is 0.0691. The monoisotopic (exact) mass is 231 g/mol. The lowest BCUT2D eigenvalue weighted by atomic mass is 10.1. The van der Waals surface area contributed by atoms with Crippen LogP contribution in [0.5, 0.6) is 0 Å². The maximum atomic E-state index is 10.7. The summed E-state index contributed by atoms with van der Waals surface area (Å²) in [7, 11) is 0. The highest BCUT2D eigenvalue weighted by atomic mass is 16.4. The van der Waals surface area contributed by atoms with E-state index in [1.165, 1.54) is 6.20 Å². The minimum atomic E-state index is -1.03. The van der Waals surface area contributed by atoms with Crippen LogP contribution in [0.2, 0.25) is 0 Å². The third-order valence-electron chi connectivity index (χ3n) is 2.48. The van der Waals surface area contributed by atoms with Crippen LogP contribution < -0.4 is 5.73 Å². The van der Waals surface area contributed by atoms with Crippen LogP contribution >= 0.6 is 0 Å². The molecule has 4 N–H and O–H groups in total. The molecular formula is C12H13N3O2. The number of carbonyl (C=O) groups is 1. The van der Waals surface area contributed by atoms with E-state index in [0.29, 0.717) is 12.2 Å². The number of nitrogens with zero attached hydrogens (tertiary/aromatic N) is 1. The van der Waals surface area contributed by atoms with Crippen LogP contribution in [-0.4, -0.2) is 21.0 Å². The Bertz CT molecular complexity index is 507. The quantitative estimate of drug-likeness (QED) is 0.740. The second kappa shape index (κ2) is 4.80. The standard InChI is InChI=1S/C12H13N3O2/c13-9(6-8-4-2-1-3-5-8)11-14-7-10(15-11)12(16)17/h1-5,7,9H,6,13H2,(H,14,15)(H,16,17)/t9-/m0/s1. The molecule has 5 heteroatoms. The summed E-state index contributed by atoms with van der Waals surface area (Å²) in [4.78, 5) is 17.4. The Labute approximate surface area is 98.3 Å². The Morgan fingerprint density at radius 2 is 2.12 bits per heavy atom. The van der Waals surface area contributed by atoms with E-state index in [4.69, 9.17) is 10.8 Å². The van der Waals surface area contributed by atoms with Gasteiger partial charge in [0, 0.05) is 0 Å². The lowest BCUT2D eigenvalue weighted by Crippen LogP contribution is -2.15. The number of nitrogens with two attached hydrogens (primary N) is 1. The number of hydrogen-bond donors (Lipinski definition) is 3. The third kappa shape index (κ3) is 2.70. The molecule has 0 saturated heterocycles. The predicted molar refractivity (Wildman–Crippen MR) is 62.6 cm³/mol. The number of rotatable bonds is 4. The minimum absolute atomic E-state index is 0.0588. The van der Waals surface area contributed by atoms with E-state index < -0.39 is 5.97 Å². The Morgan fingerprint density at radius 1 is 1.41 bits per heavy atom. The highest BCUT2D eigenvalue weighted by molar-refractivity contribution is 5.85. The van der Waals surface area contributed by atoms with Crippen LogP contribution in [-0.2, 0) is 6.42 Å². The van der Waals surface area contributed by atoms with Crippen LogP contribution in [0.4, 0.5) is 0 Å². The maximum Gasteiger partial charge on any atom is 0.353 e. The van der Waals surface area contributed by atoms with E-state index in [2.05, 4.69) is 9.97 Å². The molecule has 1 heterocycles. The molecule has 0 spiro atoms. The van der Waals surface area contributed by atoms with Gasteiger partial charge >= 0.3 is 5.97 Å². The van der Waals surface area contributed by atoms with Crippen molar-refractivity contribution in [2.24, 2.45) is 5.73 Å². The first kappa shape index (κ1) is 11.3. The molecule has 0 bridgehead atoms. The fraction of sp³-hybridized carbons (Fsp3) is 0.167. The normalized spacial score (nSPS) is 12.3. The molecule has 0 aliphatic carbocycles. The largest absolute Gasteiger partial charge is 0.477 e. The molecule has 1 aromatic carbocycles. The van der Waals surface area contributed by atoms with Crippen molar-refractivity contribution in [3.05, 3.63) is 53.6 Å². The molecule has 5 nitrogen and oxygen atoms in total. The molecule has 1 atom stereocenters. The number of nitrogens with one attached hydrogen (secondary N) is 1. The van der Waals surface area contributed by atoms with Crippen LogP contribution in [0.15, 0.2) is 36.5 Å². The van der Waals surface area contributed by atoms with Gasteiger partial charge in [-0.05, 0) is 12.0 Å². The van der Waals surface area contributed by atoms with Gasteiger partial charge in [0.05, 0.1) is 12.2 Å². The molecule has 17 heavy (non-hydrogen) atoms. The van der Waals surface area contributed by atoms with Gasteiger partial charge in [0.25, 0.3) is 0 Å². The number of H-pyrrole nitrogens is 1. The van der Waals surface area contributed by atoms with Gasteiger partial charge < -0.3 is 15.8 Å². The fourth-order valence-electron chi connectivity index (χ4n) is 1.60. The average Bonchev–Trinajstić information content (AvgIpc) is 2.79. The van der Waals surface area contributed by atoms with Gasteiger partial charge in [-0.2, -0.15) is 0 Å². The first-order valence-corrected chi connectivity index (χ1v) is 5.24. The summed E-state index contributed by atoms with van der Waals surface area (Å²) in [6.45, 7) is 0. The number of imidazole rings is 1. The minimum Gasteiger partial charge on any atom is -0.477 e. The molecule has 0 amide bonds. The van der Waals surface area contributed by atoms with Crippen LogP contribution in [0.25, 0.3) is 0 Å². The number of hydrogen-bond acceptors (Lipinski definition) is 3. The van der Waals surface area contributed by atoms with Gasteiger partial charge in [0.1, 0.15) is 11.5 Å². The van der Waals surface area contributed by atoms with Crippen molar-refractivity contribution in [2.45, 2.75) is 12.5 Å². The molecule has 0 aliphatic heterocycles. The molecule has 2 aromatic rings. The highest BCUT2D eigenvalue weighted by Gasteiger charge is 2.13. The topological polar surface area (TPSA) is 92.0 Å². The fourth-order valence-corrected chi connectivity index (χ4v) is 1.60. The summed E-state index contributed by atoms with van der Waals surface area (Å²) in [6.07, 6.45) is 1.90. The summed E-state index contributed by atoms with van der Waals surface area (Å²) in [6, 6.07) is 9.43. The van der Waals surface area contributed by atoms with Crippen molar-refractivity contribution in [1.29, 1.82) is 0 Å². The molecule has 0 radical (unpaired) electrons. The van der Waals surface area contributed by atoms with Gasteiger partial charge in [0.15, 0.2) is 0 Å². The van der Waals surface area contributed by atoms with Crippen LogP contribution in [0.3, 0.4) is 0 Å². The molecule has 0 aliphatic rings. The number of aromatic carboxylic acids is 1. The summed E-state index contributed by atoms with van der Waals surface area (Å²) in [5.41, 5.74) is 7.10. The lowest BCUT2D eigenvalue weighted by Gasteiger charge is -2.08. The second-order valence-electron chi connectivity index (χ2n) is 3.78. The zero-order valence-electron chi connectivity index (χ0n) is 9.13. The smallest absolute Gasteiger partial charge is 0.353 e. The Morgan fingerprint density at radius 3 is 2.71 bits per heavy atom. The molecule has 2 rings (SSSR count). The zero-order chi connectivity index (χ0) is 12.3. The summed E-state index contributed by atoms with van der Waals surface area (Å²) in [5.74, 6) is -0.540. The Hall–Kier alpha value is -2.14. The first-order valence-electron chi connectivity index (χ1n) is 5.24. The third-order valence-corrected chi connectivity index (χ3v) is 2.48. The van der Waals surface area contributed by atoms with E-state index in [-0.39, 0.29) is 11.7 Å². The Balaban J connectivity index is 2.09. The summed E-state index contributed by atoms with van der Waals surface area (Å²) in [5, 5.41) is 8.76. The average molecular weight is 231 g/mol. The van der Waals surface area contributed by atoms with Gasteiger partial charge in [0.2, 0.25) is 0 Å². The Kier molecular flexibility index (Phi) is 3.20. The number of carboxylic acids is 1. The number of carboxylic acid groups (broad SMARTS) is 1. The summed E-state index contributed by atoms with van der Waals surface area (Å²) < 4.78 is 0. The SMILES string of the molecule is N[C@@H](Cc1ccccc1)c1ncc(C(=O)O)[nH]1. The van der Waals surface area contributed by atoms with Crippen molar-refractivity contribution in [1.82, 2.24) is 9.97 Å². The van der Waals surface area contributed by atoms with E-state index in [0.717, 1.165) is 5.56 Å². The summed E-state index contributed by atoms with van der Waals surface area (Å²) >= 11 is 0. The predicted octanol–water partition coefficient (Wildman–Crippen LogP) is 1.35. The van der Waals surface area contributed by atoms with Gasteiger partial charge in [-0.15, -0.1) is 0 Å². The van der Waals surface area contributed by atoms with E-state index in [9.17, 15) is 4.79 Å². The molecule has 0 saturated carbocycles. The molecule has 0 fully saturated rings. The van der Waals surface area contributed by atoms with Crippen molar-refractivity contribution in [3.63, 3.8) is 0 Å². The van der Waals surface area contributed by atoms with E-state index >= 15 is 0 Å². The molecule has 0 unspecified atom stereocenters. The maximum absolute atomic E-state index is 10.7. The number of aromatic amines is 1. The van der Waals surface area contributed by atoms with Crippen molar-refractivity contribution in [2.75, 3.05) is 0 Å². The van der Waals surface area contributed by atoms with Gasteiger partial charge in [-0.25, -0.2) is 9.78 Å². The van der Waals surface area contributed by atoms with Gasteiger partial charge in [-0.3, -0.25) is 0 Å². The number of benzene rings is 1. The van der Waals surface area contributed by atoms with Crippen LogP contribution in [0.1, 0.15) is 27.9 Å². The van der Waals surface area contributed by atoms with E-state index in [1.54, 1.807) is 0 Å². The molecule has 1 aromatic heterocycles. The highest BCUT2D eigenvalue weighted by Crippen LogP contribution is 2.13. The van der Waals surface area contributed by atoms with E-state index in [1.807, 2.05) is 30.3 Å². The van der Waals surface area contributed by atoms with Crippen molar-refractivity contribution in [3.8, 4) is 0 Å². The van der Waals surface area contributed by atoms with Crippen molar-refractivity contribution < 1.29 is 9.90 Å². The number of aromatic nitrogens is 2. The first-order chi connectivity index (χ1) is 8.16. The zero-order valence-corrected chi connectivity index (χ0v) is 9.13. The van der Waals surface area contributed by atoms with Gasteiger partial charge in [-0.1, -0.05) is 30.3 Å². The van der Waals surface area contributed by atoms with Crippen molar-refractivity contribution >= 4 is 5.97 Å². The molecule has 88 valence electrons. The molecular weight excluding hydrogens is 218 g/mol. The van der Waals surface area contributed by atoms with Crippen LogP contribution in [0, 0.1) is 0 Å².